The molecule has 0 aromatic heterocycles. The van der Waals surface area contributed by atoms with Crippen molar-refractivity contribution in [2.45, 2.75) is 97.0 Å². The number of hydrogen-bond acceptors (Lipinski definition) is 9. The molecule has 1 aliphatic rings. The van der Waals surface area contributed by atoms with E-state index in [1.807, 2.05) is 0 Å². The summed E-state index contributed by atoms with van der Waals surface area (Å²) < 4.78 is 0. The second kappa shape index (κ2) is 14.6. The van der Waals surface area contributed by atoms with Crippen molar-refractivity contribution in [3.8, 4) is 0 Å². The van der Waals surface area contributed by atoms with Crippen molar-refractivity contribution < 1.29 is 33.9 Å². The van der Waals surface area contributed by atoms with E-state index in [1.54, 1.807) is 13.8 Å². The van der Waals surface area contributed by atoms with Crippen LogP contribution in [-0.2, 0) is 24.0 Å². The number of imide groups is 3. The average molecular weight is 528 g/mol. The van der Waals surface area contributed by atoms with Crippen LogP contribution in [0.5, 0.6) is 0 Å². The van der Waals surface area contributed by atoms with Gasteiger partial charge in [0.15, 0.2) is 0 Å². The second-order valence-electron chi connectivity index (χ2n) is 9.42. The summed E-state index contributed by atoms with van der Waals surface area (Å²) in [6.07, 6.45) is 0.207. The lowest BCUT2D eigenvalue weighted by molar-refractivity contribution is -0.148. The van der Waals surface area contributed by atoms with E-state index >= 15 is 0 Å². The van der Waals surface area contributed by atoms with Gasteiger partial charge in [-0.3, -0.25) is 29.4 Å². The third kappa shape index (κ3) is 8.76. The minimum absolute atomic E-state index is 0.0118. The SMILES string of the molecule is CC(=O)N(C(=O)C(O)CCCCN)C(=O)N(NC(=O)[C@@H]1CCCN1C(=O)[C@H](C)NC(=O)[C@H](C)N)C(C)C. The summed E-state index contributed by atoms with van der Waals surface area (Å²) in [7, 11) is 0. The van der Waals surface area contributed by atoms with Gasteiger partial charge in [0.05, 0.1) is 6.04 Å². The molecule has 7 N–H and O–H groups in total. The summed E-state index contributed by atoms with van der Waals surface area (Å²) >= 11 is 0. The zero-order valence-corrected chi connectivity index (χ0v) is 22.2. The lowest BCUT2D eigenvalue weighted by atomic mass is 10.1. The van der Waals surface area contributed by atoms with Crippen molar-refractivity contribution in [1.29, 1.82) is 0 Å². The van der Waals surface area contributed by atoms with E-state index in [0.717, 1.165) is 11.9 Å². The first-order valence-electron chi connectivity index (χ1n) is 12.5. The summed E-state index contributed by atoms with van der Waals surface area (Å²) in [5.41, 5.74) is 13.4. The normalized spacial score (nSPS) is 17.5. The number of nitrogens with zero attached hydrogens (tertiary/aromatic N) is 3. The molecular weight excluding hydrogens is 486 g/mol. The fourth-order valence-corrected chi connectivity index (χ4v) is 3.80. The lowest BCUT2D eigenvalue weighted by Crippen LogP contribution is -2.61. The van der Waals surface area contributed by atoms with E-state index in [9.17, 15) is 33.9 Å². The van der Waals surface area contributed by atoms with Gasteiger partial charge in [-0.2, -0.15) is 4.90 Å². The van der Waals surface area contributed by atoms with Crippen LogP contribution in [0, 0.1) is 0 Å². The Labute approximate surface area is 217 Å². The Kier molecular flexibility index (Phi) is 12.6. The van der Waals surface area contributed by atoms with Gasteiger partial charge in [-0.1, -0.05) is 0 Å². The molecule has 4 atom stereocenters. The van der Waals surface area contributed by atoms with Gasteiger partial charge in [0.1, 0.15) is 18.2 Å². The first-order valence-corrected chi connectivity index (χ1v) is 12.5. The molecule has 14 heteroatoms. The third-order valence-corrected chi connectivity index (χ3v) is 5.88. The average Bonchev–Trinajstić information content (AvgIpc) is 3.31. The molecule has 0 saturated carbocycles. The van der Waals surface area contributed by atoms with E-state index in [0.29, 0.717) is 32.2 Å². The first-order chi connectivity index (χ1) is 17.2. The Morgan fingerprint density at radius 2 is 1.70 bits per heavy atom. The number of nitrogens with two attached hydrogens (primary N) is 2. The number of nitrogens with one attached hydrogen (secondary N) is 2. The molecule has 210 valence electrons. The molecule has 0 radical (unpaired) electrons. The third-order valence-electron chi connectivity index (χ3n) is 5.88. The van der Waals surface area contributed by atoms with E-state index in [4.69, 9.17) is 11.5 Å². The molecule has 0 aromatic carbocycles. The molecule has 1 unspecified atom stereocenters. The lowest BCUT2D eigenvalue weighted by Gasteiger charge is -2.34. The number of hydrazine groups is 1. The van der Waals surface area contributed by atoms with Gasteiger partial charge in [-0.25, -0.2) is 9.80 Å². The number of unbranched alkanes of at least 4 members (excludes halogenated alkanes) is 1. The molecule has 1 fully saturated rings. The molecular formula is C23H41N7O7. The highest BCUT2D eigenvalue weighted by Crippen LogP contribution is 2.19. The van der Waals surface area contributed by atoms with E-state index in [2.05, 4.69) is 10.7 Å². The Bertz CT molecular complexity index is 864. The Morgan fingerprint density at radius 1 is 1.08 bits per heavy atom. The highest BCUT2D eigenvalue weighted by atomic mass is 16.3. The minimum atomic E-state index is -1.60. The summed E-state index contributed by atoms with van der Waals surface area (Å²) in [4.78, 5) is 77.6. The first kappa shape index (κ1) is 31.9. The van der Waals surface area contributed by atoms with Crippen molar-refractivity contribution in [3.05, 3.63) is 0 Å². The Hall–Kier alpha value is -3.10. The van der Waals surface area contributed by atoms with Crippen molar-refractivity contribution in [1.82, 2.24) is 25.6 Å². The second-order valence-corrected chi connectivity index (χ2v) is 9.42. The molecule has 0 spiro atoms. The Balaban J connectivity index is 3.02. The van der Waals surface area contributed by atoms with Crippen molar-refractivity contribution in [3.63, 3.8) is 0 Å². The zero-order valence-electron chi connectivity index (χ0n) is 22.2. The van der Waals surface area contributed by atoms with Crippen LogP contribution < -0.4 is 22.2 Å². The van der Waals surface area contributed by atoms with Gasteiger partial charge in [0, 0.05) is 19.5 Å². The van der Waals surface area contributed by atoms with Gasteiger partial charge < -0.3 is 26.8 Å². The van der Waals surface area contributed by atoms with Gasteiger partial charge in [-0.15, -0.1) is 0 Å². The molecule has 0 bridgehead atoms. The van der Waals surface area contributed by atoms with Crippen LogP contribution in [0.4, 0.5) is 4.79 Å². The van der Waals surface area contributed by atoms with Crippen LogP contribution in [0.25, 0.3) is 0 Å². The summed E-state index contributed by atoms with van der Waals surface area (Å²) in [6, 6.07) is -4.51. The van der Waals surface area contributed by atoms with Crippen LogP contribution in [0.1, 0.15) is 66.7 Å². The fraction of sp³-hybridized carbons (Fsp3) is 0.739. The number of hydrogen-bond donors (Lipinski definition) is 5. The van der Waals surface area contributed by atoms with Crippen LogP contribution in [0.2, 0.25) is 0 Å². The zero-order chi connectivity index (χ0) is 28.4. The van der Waals surface area contributed by atoms with Crippen molar-refractivity contribution in [2.24, 2.45) is 11.5 Å². The maximum Gasteiger partial charge on any atom is 0.352 e. The monoisotopic (exact) mass is 527 g/mol. The molecule has 0 aromatic rings. The topological polar surface area (TPSA) is 208 Å². The van der Waals surface area contributed by atoms with Crippen LogP contribution in [0.3, 0.4) is 0 Å². The standard InChI is InChI=1S/C23H41N7O7/c1-13(2)30(23(37)29(16(5)31)22(36)18(32)10-6-7-11-24)27-20(34)17-9-8-12-28(17)21(35)15(4)26-19(33)14(3)25/h13-15,17-18,32H,6-12,24-25H2,1-5H3,(H,26,33)(H,27,34)/t14-,15-,17-,18?/m0/s1. The maximum atomic E-state index is 13.2. The van der Waals surface area contributed by atoms with Gasteiger partial charge >= 0.3 is 6.03 Å². The van der Waals surface area contributed by atoms with Gasteiger partial charge in [0.25, 0.3) is 11.8 Å². The molecule has 1 aliphatic heterocycles. The molecule has 14 nitrogen and oxygen atoms in total. The molecule has 1 saturated heterocycles. The minimum Gasteiger partial charge on any atom is -0.383 e. The number of carbonyl (C=O) groups is 6. The molecule has 0 aliphatic carbocycles. The highest BCUT2D eigenvalue weighted by Gasteiger charge is 2.40. The smallest absolute Gasteiger partial charge is 0.352 e. The fourth-order valence-electron chi connectivity index (χ4n) is 3.80. The summed E-state index contributed by atoms with van der Waals surface area (Å²) in [5.74, 6) is -3.74. The number of carbonyl (C=O) groups excluding carboxylic acids is 6. The van der Waals surface area contributed by atoms with Crippen molar-refractivity contribution >= 4 is 35.6 Å². The highest BCUT2D eigenvalue weighted by molar-refractivity contribution is 6.11. The largest absolute Gasteiger partial charge is 0.383 e. The number of urea groups is 1. The predicted molar refractivity (Wildman–Crippen MR) is 133 cm³/mol. The molecule has 1 heterocycles. The number of rotatable bonds is 10. The molecule has 7 amide bonds. The summed E-state index contributed by atoms with van der Waals surface area (Å²) in [5, 5.41) is 13.5. The van der Waals surface area contributed by atoms with Crippen LogP contribution in [-0.4, -0.2) is 98.8 Å². The van der Waals surface area contributed by atoms with Crippen LogP contribution >= 0.6 is 0 Å². The summed E-state index contributed by atoms with van der Waals surface area (Å²) in [6.45, 7) is 7.69. The number of aliphatic hydroxyl groups excluding tert-OH is 1. The van der Waals surface area contributed by atoms with Gasteiger partial charge in [-0.05, 0) is 66.3 Å². The number of aliphatic hydroxyl groups is 1. The van der Waals surface area contributed by atoms with E-state index < -0.39 is 65.8 Å². The predicted octanol–water partition coefficient (Wildman–Crippen LogP) is -1.44. The molecule has 37 heavy (non-hydrogen) atoms. The van der Waals surface area contributed by atoms with E-state index in [-0.39, 0.29) is 17.9 Å². The quantitative estimate of drug-likeness (QED) is 0.166. The number of amides is 7. The molecule has 1 rings (SSSR count). The van der Waals surface area contributed by atoms with Crippen LogP contribution in [0.15, 0.2) is 0 Å². The van der Waals surface area contributed by atoms with E-state index in [1.165, 1.54) is 18.7 Å². The van der Waals surface area contributed by atoms with Gasteiger partial charge in [0.2, 0.25) is 17.7 Å². The Morgan fingerprint density at radius 3 is 2.22 bits per heavy atom. The van der Waals surface area contributed by atoms with Crippen molar-refractivity contribution in [2.75, 3.05) is 13.1 Å². The maximum absolute atomic E-state index is 13.2. The number of likely N-dealkylation sites (tertiary alicyclic amines) is 1.